The molecule has 0 aromatic rings. The summed E-state index contributed by atoms with van der Waals surface area (Å²) in [6.07, 6.45) is 2.57. The van der Waals surface area contributed by atoms with Gasteiger partial charge in [-0.15, -0.1) is 0 Å². The fourth-order valence-electron chi connectivity index (χ4n) is 2.26. The van der Waals surface area contributed by atoms with E-state index in [1.54, 1.807) is 0 Å². The number of aliphatic carboxylic acids is 3. The quantitative estimate of drug-likeness (QED) is 0.142. The number of unbranched alkanes of at least 4 members (excludes halogenated alkanes) is 2. The van der Waals surface area contributed by atoms with E-state index in [1.165, 1.54) is 0 Å². The van der Waals surface area contributed by atoms with Crippen molar-refractivity contribution in [2.75, 3.05) is 13.1 Å². The number of nitrogens with one attached hydrogen (secondary N) is 4. The maximum Gasteiger partial charge on any atom is 0.326 e. The van der Waals surface area contributed by atoms with Crippen molar-refractivity contribution in [2.45, 2.75) is 64.0 Å². The van der Waals surface area contributed by atoms with Gasteiger partial charge in [0.05, 0.1) is 0 Å². The third-order valence-corrected chi connectivity index (χ3v) is 4.16. The molecule has 0 aromatic heterocycles. The topological polar surface area (TPSA) is 177 Å². The number of hydrogen-bond donors (Lipinski definition) is 7. The molecule has 29 heavy (non-hydrogen) atoms. The summed E-state index contributed by atoms with van der Waals surface area (Å²) in [6.45, 7) is 3.40. The number of carbonyl (C=O) groups is 4. The van der Waals surface area contributed by atoms with Crippen LogP contribution in [0.4, 0.5) is 4.79 Å². The maximum absolute atomic E-state index is 11.9. The van der Waals surface area contributed by atoms with Crippen LogP contribution in [0.5, 0.6) is 0 Å². The summed E-state index contributed by atoms with van der Waals surface area (Å²) in [7, 11) is 0. The average Bonchev–Trinajstić information content (AvgIpc) is 2.63. The molecule has 0 rings (SSSR count). The number of amides is 2. The summed E-state index contributed by atoms with van der Waals surface area (Å²) in [5, 5.41) is 37.7. The summed E-state index contributed by atoms with van der Waals surface area (Å²) in [4.78, 5) is 44.8. The summed E-state index contributed by atoms with van der Waals surface area (Å²) in [5.41, 5.74) is 0. The lowest BCUT2D eigenvalue weighted by Gasteiger charge is -2.18. The Hall–Kier alpha value is -2.63. The zero-order valence-electron chi connectivity index (χ0n) is 16.4. The van der Waals surface area contributed by atoms with Gasteiger partial charge in [0, 0.05) is 19.5 Å². The van der Waals surface area contributed by atoms with E-state index in [9.17, 15) is 24.3 Å². The summed E-state index contributed by atoms with van der Waals surface area (Å²) >= 11 is 5.10. The van der Waals surface area contributed by atoms with Crippen LogP contribution in [-0.2, 0) is 14.4 Å². The number of carboxylic acid groups (broad SMARTS) is 3. The molecule has 11 nitrogen and oxygen atoms in total. The second-order valence-electron chi connectivity index (χ2n) is 6.36. The third kappa shape index (κ3) is 14.1. The van der Waals surface area contributed by atoms with Crippen molar-refractivity contribution in [3.63, 3.8) is 0 Å². The number of rotatable bonds is 15. The minimum absolute atomic E-state index is 0.146. The Labute approximate surface area is 174 Å². The highest BCUT2D eigenvalue weighted by Crippen LogP contribution is 2.03. The minimum atomic E-state index is -1.43. The molecule has 0 aliphatic carbocycles. The molecule has 0 fully saturated rings. The molecule has 0 spiro atoms. The van der Waals surface area contributed by atoms with Crippen molar-refractivity contribution in [3.8, 4) is 0 Å². The summed E-state index contributed by atoms with van der Waals surface area (Å²) in [5.74, 6) is -3.85. The number of thiocarbonyl (C=S) groups is 1. The van der Waals surface area contributed by atoms with Gasteiger partial charge in [-0.2, -0.15) is 0 Å². The molecule has 0 heterocycles. The van der Waals surface area contributed by atoms with Crippen LogP contribution in [0, 0.1) is 0 Å². The second-order valence-corrected chi connectivity index (χ2v) is 6.77. The Kier molecular flexibility index (Phi) is 13.9. The lowest BCUT2D eigenvalue weighted by atomic mass is 10.1. The lowest BCUT2D eigenvalue weighted by Crippen LogP contribution is -2.51. The van der Waals surface area contributed by atoms with E-state index >= 15 is 0 Å². The Balaban J connectivity index is 4.28. The van der Waals surface area contributed by atoms with E-state index in [4.69, 9.17) is 22.4 Å². The van der Waals surface area contributed by atoms with Gasteiger partial charge in [-0.25, -0.2) is 14.4 Å². The highest BCUT2D eigenvalue weighted by atomic mass is 32.1. The number of hydrogen-bond acceptors (Lipinski definition) is 5. The first-order valence-corrected chi connectivity index (χ1v) is 9.84. The number of urea groups is 1. The largest absolute Gasteiger partial charge is 0.481 e. The predicted molar refractivity (Wildman–Crippen MR) is 109 cm³/mol. The van der Waals surface area contributed by atoms with Crippen molar-refractivity contribution >= 4 is 41.3 Å². The molecular formula is C17H30N4O7S. The van der Waals surface area contributed by atoms with Crippen LogP contribution in [-0.4, -0.2) is 69.5 Å². The van der Waals surface area contributed by atoms with Crippen LogP contribution < -0.4 is 21.3 Å². The Morgan fingerprint density at radius 3 is 1.83 bits per heavy atom. The summed E-state index contributed by atoms with van der Waals surface area (Å²) < 4.78 is 0. The Morgan fingerprint density at radius 1 is 0.828 bits per heavy atom. The highest BCUT2D eigenvalue weighted by molar-refractivity contribution is 7.80. The molecule has 0 aliphatic rings. The molecule has 0 aromatic carbocycles. The molecule has 0 saturated heterocycles. The fraction of sp³-hybridized carbons (Fsp3) is 0.706. The van der Waals surface area contributed by atoms with Crippen LogP contribution in [0.2, 0.25) is 0 Å². The predicted octanol–water partition coefficient (Wildman–Crippen LogP) is 0.491. The molecule has 2 atom stereocenters. The molecule has 0 unspecified atom stereocenters. The van der Waals surface area contributed by atoms with Gasteiger partial charge in [0.15, 0.2) is 5.11 Å². The molecule has 0 radical (unpaired) electrons. The standard InChI is InChI=1S/C17H30N4O7S/c1-2-3-9-18-17(29)19-10-5-4-6-11(14(24)25)20-16(28)21-12(15(26)27)7-8-13(22)23/h11-12H,2-10H2,1H3,(H,22,23)(H,24,25)(H,26,27)(H2,18,19,29)(H2,20,21,28)/t11-,12-/m0/s1. The first-order chi connectivity index (χ1) is 13.7. The number of carboxylic acids is 3. The molecule has 2 amide bonds. The van der Waals surface area contributed by atoms with Gasteiger partial charge in [0.2, 0.25) is 0 Å². The van der Waals surface area contributed by atoms with Gasteiger partial charge in [-0.1, -0.05) is 13.3 Å². The zero-order valence-corrected chi connectivity index (χ0v) is 17.2. The van der Waals surface area contributed by atoms with Crippen molar-refractivity contribution < 1.29 is 34.5 Å². The maximum atomic E-state index is 11.9. The minimum Gasteiger partial charge on any atom is -0.481 e. The van der Waals surface area contributed by atoms with E-state index in [1.807, 2.05) is 0 Å². The van der Waals surface area contributed by atoms with Crippen LogP contribution in [0.25, 0.3) is 0 Å². The van der Waals surface area contributed by atoms with E-state index in [0.717, 1.165) is 19.4 Å². The first-order valence-electron chi connectivity index (χ1n) is 9.43. The van der Waals surface area contributed by atoms with Crippen LogP contribution in [0.1, 0.15) is 51.9 Å². The van der Waals surface area contributed by atoms with Gasteiger partial charge in [-0.05, 0) is 44.3 Å². The van der Waals surface area contributed by atoms with Crippen LogP contribution in [0.3, 0.4) is 0 Å². The molecule has 12 heteroatoms. The zero-order chi connectivity index (χ0) is 22.2. The van der Waals surface area contributed by atoms with E-state index in [-0.39, 0.29) is 12.8 Å². The molecule has 166 valence electrons. The van der Waals surface area contributed by atoms with Crippen LogP contribution in [0.15, 0.2) is 0 Å². The molecule has 0 saturated carbocycles. The van der Waals surface area contributed by atoms with E-state index in [2.05, 4.69) is 28.2 Å². The van der Waals surface area contributed by atoms with Gasteiger partial charge in [0.25, 0.3) is 0 Å². The van der Waals surface area contributed by atoms with E-state index in [0.29, 0.717) is 24.5 Å². The van der Waals surface area contributed by atoms with E-state index < -0.39 is 42.4 Å². The monoisotopic (exact) mass is 434 g/mol. The molecule has 0 aliphatic heterocycles. The summed E-state index contributed by atoms with van der Waals surface area (Å²) in [6, 6.07) is -3.60. The van der Waals surface area contributed by atoms with Gasteiger partial charge >= 0.3 is 23.9 Å². The van der Waals surface area contributed by atoms with Crippen molar-refractivity contribution in [1.82, 2.24) is 21.3 Å². The van der Waals surface area contributed by atoms with Gasteiger partial charge in [0.1, 0.15) is 12.1 Å². The number of carbonyl (C=O) groups excluding carboxylic acids is 1. The fourth-order valence-corrected chi connectivity index (χ4v) is 2.46. The third-order valence-electron chi connectivity index (χ3n) is 3.87. The average molecular weight is 435 g/mol. The Morgan fingerprint density at radius 2 is 1.34 bits per heavy atom. The Bertz CT molecular complexity index is 574. The van der Waals surface area contributed by atoms with Crippen molar-refractivity contribution in [2.24, 2.45) is 0 Å². The normalized spacial score (nSPS) is 12.3. The van der Waals surface area contributed by atoms with Crippen molar-refractivity contribution in [1.29, 1.82) is 0 Å². The smallest absolute Gasteiger partial charge is 0.326 e. The molecular weight excluding hydrogens is 404 g/mol. The highest BCUT2D eigenvalue weighted by Gasteiger charge is 2.24. The molecule has 0 bridgehead atoms. The van der Waals surface area contributed by atoms with Gasteiger partial charge in [-0.3, -0.25) is 4.79 Å². The second kappa shape index (κ2) is 15.3. The van der Waals surface area contributed by atoms with Crippen molar-refractivity contribution in [3.05, 3.63) is 0 Å². The first kappa shape index (κ1) is 26.4. The van der Waals surface area contributed by atoms with Crippen LogP contribution >= 0.6 is 12.2 Å². The molecule has 7 N–H and O–H groups in total. The van der Waals surface area contributed by atoms with Gasteiger partial charge < -0.3 is 36.6 Å². The lowest BCUT2D eigenvalue weighted by molar-refractivity contribution is -0.140. The SMILES string of the molecule is CCCCNC(=S)NCCCC[C@H](NC(=O)N[C@@H](CCC(=O)O)C(=O)O)C(=O)O.